The van der Waals surface area contributed by atoms with E-state index in [1.165, 1.54) is 6.42 Å². The van der Waals surface area contributed by atoms with Crippen LogP contribution in [0.25, 0.3) is 0 Å². The van der Waals surface area contributed by atoms with E-state index in [9.17, 15) is 10.2 Å². The number of rotatable bonds is 0. The van der Waals surface area contributed by atoms with Crippen molar-refractivity contribution in [1.29, 1.82) is 0 Å². The van der Waals surface area contributed by atoms with Crippen LogP contribution in [0.5, 0.6) is 0 Å². The van der Waals surface area contributed by atoms with Crippen LogP contribution in [0.15, 0.2) is 12.2 Å². The van der Waals surface area contributed by atoms with Crippen molar-refractivity contribution in [3.05, 3.63) is 12.2 Å². The first-order valence-electron chi connectivity index (χ1n) is 5.32. The van der Waals surface area contributed by atoms with Crippen molar-refractivity contribution in [3.8, 4) is 0 Å². The second kappa shape index (κ2) is 2.58. The van der Waals surface area contributed by atoms with Crippen molar-refractivity contribution in [2.24, 2.45) is 23.7 Å². The summed E-state index contributed by atoms with van der Waals surface area (Å²) in [5.74, 6) is 1.83. The largest absolute Gasteiger partial charge is 0.393 e. The molecule has 2 N–H and O–H groups in total. The Morgan fingerprint density at radius 3 is 1.77 bits per heavy atom. The molecular weight excluding hydrogens is 164 g/mol. The molecule has 3 rings (SSSR count). The Labute approximate surface area is 78.3 Å². The molecule has 72 valence electrons. The fraction of sp³-hybridized carbons (Fsp3) is 0.818. The summed E-state index contributed by atoms with van der Waals surface area (Å²) >= 11 is 0. The van der Waals surface area contributed by atoms with E-state index >= 15 is 0 Å². The first kappa shape index (κ1) is 8.01. The molecule has 0 spiro atoms. The van der Waals surface area contributed by atoms with Crippen molar-refractivity contribution in [1.82, 2.24) is 0 Å². The van der Waals surface area contributed by atoms with Crippen molar-refractivity contribution >= 4 is 0 Å². The first-order valence-corrected chi connectivity index (χ1v) is 5.32. The Balaban J connectivity index is 1.94. The maximum absolute atomic E-state index is 9.87. The van der Waals surface area contributed by atoms with Gasteiger partial charge < -0.3 is 10.2 Å². The van der Waals surface area contributed by atoms with Gasteiger partial charge in [-0.1, -0.05) is 12.2 Å². The molecule has 0 heterocycles. The molecule has 2 nitrogen and oxygen atoms in total. The Hall–Kier alpha value is -0.340. The fourth-order valence-corrected chi connectivity index (χ4v) is 3.71. The van der Waals surface area contributed by atoms with E-state index in [2.05, 4.69) is 12.2 Å². The van der Waals surface area contributed by atoms with Gasteiger partial charge >= 0.3 is 0 Å². The van der Waals surface area contributed by atoms with Crippen molar-refractivity contribution in [2.45, 2.75) is 31.5 Å². The molecule has 6 atom stereocenters. The van der Waals surface area contributed by atoms with E-state index in [-0.39, 0.29) is 12.2 Å². The Morgan fingerprint density at radius 2 is 1.31 bits per heavy atom. The zero-order valence-corrected chi connectivity index (χ0v) is 7.63. The molecule has 0 aromatic heterocycles. The molecular formula is C11H16O2. The van der Waals surface area contributed by atoms with E-state index in [4.69, 9.17) is 0 Å². The van der Waals surface area contributed by atoms with E-state index in [0.29, 0.717) is 23.7 Å². The van der Waals surface area contributed by atoms with E-state index in [1.54, 1.807) is 0 Å². The van der Waals surface area contributed by atoms with Gasteiger partial charge in [0.2, 0.25) is 0 Å². The van der Waals surface area contributed by atoms with E-state index in [1.807, 2.05) is 0 Å². The highest BCUT2D eigenvalue weighted by Crippen LogP contribution is 2.53. The molecule has 2 saturated carbocycles. The number of hydrogen-bond acceptors (Lipinski definition) is 2. The monoisotopic (exact) mass is 180 g/mol. The molecule has 2 bridgehead atoms. The summed E-state index contributed by atoms with van der Waals surface area (Å²) in [6.45, 7) is 0. The Bertz CT molecular complexity index is 224. The van der Waals surface area contributed by atoms with Crippen LogP contribution in [0.1, 0.15) is 19.3 Å². The van der Waals surface area contributed by atoms with Gasteiger partial charge in [0.25, 0.3) is 0 Å². The van der Waals surface area contributed by atoms with Crippen LogP contribution in [0.4, 0.5) is 0 Å². The highest BCUT2D eigenvalue weighted by atomic mass is 16.3. The summed E-state index contributed by atoms with van der Waals surface area (Å²) in [7, 11) is 0. The van der Waals surface area contributed by atoms with E-state index < -0.39 is 0 Å². The first-order chi connectivity index (χ1) is 6.27. The van der Waals surface area contributed by atoms with Crippen LogP contribution in [0.3, 0.4) is 0 Å². The summed E-state index contributed by atoms with van der Waals surface area (Å²) in [6.07, 6.45) is 6.92. The molecule has 0 radical (unpaired) electrons. The van der Waals surface area contributed by atoms with Crippen molar-refractivity contribution < 1.29 is 10.2 Å². The van der Waals surface area contributed by atoms with Gasteiger partial charge in [-0.15, -0.1) is 0 Å². The molecule has 3 aliphatic rings. The summed E-state index contributed by atoms with van der Waals surface area (Å²) < 4.78 is 0. The molecule has 0 aromatic rings. The SMILES string of the molecule is O[C@@H]1CC[C@H](O)C2C3C=CC(C3)C21. The van der Waals surface area contributed by atoms with Crippen LogP contribution in [-0.2, 0) is 0 Å². The van der Waals surface area contributed by atoms with Crippen LogP contribution in [0, 0.1) is 23.7 Å². The van der Waals surface area contributed by atoms with Gasteiger partial charge in [0.05, 0.1) is 12.2 Å². The van der Waals surface area contributed by atoms with Crippen LogP contribution in [-0.4, -0.2) is 22.4 Å². The highest BCUT2D eigenvalue weighted by Gasteiger charge is 2.52. The Morgan fingerprint density at radius 1 is 0.846 bits per heavy atom. The average Bonchev–Trinajstić information content (AvgIpc) is 2.70. The zero-order valence-electron chi connectivity index (χ0n) is 7.63. The number of allylic oxidation sites excluding steroid dienone is 2. The normalized spacial score (nSPS) is 58.3. The van der Waals surface area contributed by atoms with Gasteiger partial charge in [-0.3, -0.25) is 0 Å². The molecule has 2 heteroatoms. The lowest BCUT2D eigenvalue weighted by atomic mass is 9.70. The van der Waals surface area contributed by atoms with Crippen LogP contribution in [0.2, 0.25) is 0 Å². The molecule has 3 aliphatic carbocycles. The summed E-state index contributed by atoms with van der Waals surface area (Å²) in [5, 5.41) is 19.7. The van der Waals surface area contributed by atoms with Gasteiger partial charge in [0.1, 0.15) is 0 Å². The molecule has 0 amide bonds. The highest BCUT2D eigenvalue weighted by molar-refractivity contribution is 5.17. The summed E-state index contributed by atoms with van der Waals surface area (Å²) in [6, 6.07) is 0. The van der Waals surface area contributed by atoms with E-state index in [0.717, 1.165) is 12.8 Å². The van der Waals surface area contributed by atoms with Gasteiger partial charge in [-0.25, -0.2) is 0 Å². The predicted octanol–water partition coefficient (Wildman–Crippen LogP) is 0.940. The predicted molar refractivity (Wildman–Crippen MR) is 49.0 cm³/mol. The second-order valence-corrected chi connectivity index (χ2v) is 4.82. The Kier molecular flexibility index (Phi) is 1.59. The lowest BCUT2D eigenvalue weighted by Gasteiger charge is -2.39. The quantitative estimate of drug-likeness (QED) is 0.545. The molecule has 0 saturated heterocycles. The summed E-state index contributed by atoms with van der Waals surface area (Å²) in [4.78, 5) is 0. The van der Waals surface area contributed by atoms with Crippen LogP contribution < -0.4 is 0 Å². The minimum absolute atomic E-state index is 0.159. The number of aliphatic hydroxyl groups is 2. The maximum atomic E-state index is 9.87. The standard InChI is InChI=1S/C11H16O2/c12-8-3-4-9(13)11-7-2-1-6(5-7)10(8)11/h1-2,6-13H,3-5H2/t6?,7?,8-,9+,10?,11?. The molecule has 2 fully saturated rings. The average molecular weight is 180 g/mol. The van der Waals surface area contributed by atoms with Crippen LogP contribution >= 0.6 is 0 Å². The zero-order chi connectivity index (χ0) is 9.00. The number of aliphatic hydroxyl groups excluding tert-OH is 2. The molecule has 0 aliphatic heterocycles. The second-order valence-electron chi connectivity index (χ2n) is 4.82. The number of fused-ring (bicyclic) bond motifs is 5. The maximum Gasteiger partial charge on any atom is 0.0578 e. The lowest BCUT2D eigenvalue weighted by molar-refractivity contribution is -0.0473. The van der Waals surface area contributed by atoms with Crippen molar-refractivity contribution in [3.63, 3.8) is 0 Å². The third-order valence-corrected chi connectivity index (χ3v) is 4.23. The minimum atomic E-state index is -0.159. The van der Waals surface area contributed by atoms with Gasteiger partial charge in [0, 0.05) is 0 Å². The van der Waals surface area contributed by atoms with Gasteiger partial charge in [-0.05, 0) is 42.9 Å². The smallest absolute Gasteiger partial charge is 0.0578 e. The third kappa shape index (κ3) is 0.960. The summed E-state index contributed by atoms with van der Waals surface area (Å²) in [5.41, 5.74) is 0. The molecule has 4 unspecified atom stereocenters. The minimum Gasteiger partial charge on any atom is -0.393 e. The fourth-order valence-electron chi connectivity index (χ4n) is 3.71. The molecule has 13 heavy (non-hydrogen) atoms. The van der Waals surface area contributed by atoms with Crippen molar-refractivity contribution in [2.75, 3.05) is 0 Å². The molecule has 0 aromatic carbocycles. The van der Waals surface area contributed by atoms with Gasteiger partial charge in [0.15, 0.2) is 0 Å². The van der Waals surface area contributed by atoms with Gasteiger partial charge in [-0.2, -0.15) is 0 Å². The lowest BCUT2D eigenvalue weighted by Crippen LogP contribution is -2.42. The number of hydrogen-bond donors (Lipinski definition) is 2. The third-order valence-electron chi connectivity index (χ3n) is 4.23. The topological polar surface area (TPSA) is 40.5 Å².